The lowest BCUT2D eigenvalue weighted by atomic mass is 9.83. The summed E-state index contributed by atoms with van der Waals surface area (Å²) in [5.41, 5.74) is 0. The molecule has 17 heavy (non-hydrogen) atoms. The van der Waals surface area contributed by atoms with E-state index in [0.29, 0.717) is 6.04 Å². The molecule has 0 aliphatic heterocycles. The molecule has 3 nitrogen and oxygen atoms in total. The Kier molecular flexibility index (Phi) is 4.77. The lowest BCUT2D eigenvalue weighted by Gasteiger charge is -2.28. The van der Waals surface area contributed by atoms with Gasteiger partial charge in [0.15, 0.2) is 0 Å². The highest BCUT2D eigenvalue weighted by molar-refractivity contribution is 7.09. The molecule has 1 heterocycles. The number of hydrogen-bond acceptors (Lipinski definition) is 4. The van der Waals surface area contributed by atoms with E-state index in [4.69, 9.17) is 0 Å². The van der Waals surface area contributed by atoms with Gasteiger partial charge in [-0.05, 0) is 31.6 Å². The van der Waals surface area contributed by atoms with Crippen LogP contribution < -0.4 is 5.32 Å². The average molecular weight is 253 g/mol. The third kappa shape index (κ3) is 3.66. The molecule has 0 saturated heterocycles. The summed E-state index contributed by atoms with van der Waals surface area (Å²) in [5.74, 6) is 1.94. The molecule has 1 aliphatic rings. The van der Waals surface area contributed by atoms with Crippen molar-refractivity contribution in [2.45, 2.75) is 64.8 Å². The smallest absolute Gasteiger partial charge is 0.202 e. The number of aromatic nitrogens is 2. The van der Waals surface area contributed by atoms with Crippen LogP contribution in [-0.2, 0) is 6.42 Å². The number of aryl methyl sites for hydroxylation is 1. The van der Waals surface area contributed by atoms with E-state index in [1.165, 1.54) is 50.1 Å². The predicted molar refractivity (Wildman–Crippen MR) is 73.6 cm³/mol. The largest absolute Gasteiger partial charge is 0.358 e. The molecule has 0 amide bonds. The van der Waals surface area contributed by atoms with Gasteiger partial charge in [0.25, 0.3) is 0 Å². The molecule has 0 radical (unpaired) electrons. The van der Waals surface area contributed by atoms with E-state index < -0.39 is 0 Å². The van der Waals surface area contributed by atoms with E-state index in [9.17, 15) is 0 Å². The van der Waals surface area contributed by atoms with Crippen LogP contribution in [0, 0.1) is 5.92 Å². The zero-order valence-electron chi connectivity index (χ0n) is 10.9. The molecule has 1 N–H and O–H groups in total. The van der Waals surface area contributed by atoms with E-state index in [-0.39, 0.29) is 0 Å². The summed E-state index contributed by atoms with van der Waals surface area (Å²) in [6.45, 7) is 4.39. The SMILES string of the molecule is CCCC1CCC(Nc2nc(CC)ns2)CC1. The standard InChI is InChI=1S/C13H23N3S/c1-3-5-10-6-8-11(9-7-10)14-13-15-12(4-2)16-17-13/h10-11H,3-9H2,1-2H3,(H,14,15,16). The van der Waals surface area contributed by atoms with Crippen molar-refractivity contribution in [3.63, 3.8) is 0 Å². The van der Waals surface area contributed by atoms with Crippen molar-refractivity contribution in [1.29, 1.82) is 0 Å². The summed E-state index contributed by atoms with van der Waals surface area (Å²) in [6.07, 6.45) is 9.03. The zero-order chi connectivity index (χ0) is 12.1. The summed E-state index contributed by atoms with van der Waals surface area (Å²) in [4.78, 5) is 4.47. The first-order valence-corrected chi connectivity index (χ1v) is 7.68. The Labute approximate surface area is 108 Å². The van der Waals surface area contributed by atoms with Crippen LogP contribution in [0.25, 0.3) is 0 Å². The third-order valence-corrected chi connectivity index (χ3v) is 4.34. The van der Waals surface area contributed by atoms with Gasteiger partial charge in [0.2, 0.25) is 5.13 Å². The highest BCUT2D eigenvalue weighted by Crippen LogP contribution is 2.29. The molecule has 2 rings (SSSR count). The summed E-state index contributed by atoms with van der Waals surface area (Å²) in [5, 5.41) is 4.56. The average Bonchev–Trinajstić information content (AvgIpc) is 2.80. The van der Waals surface area contributed by atoms with Gasteiger partial charge in [-0.15, -0.1) is 0 Å². The van der Waals surface area contributed by atoms with Crippen molar-refractivity contribution in [3.05, 3.63) is 5.82 Å². The maximum Gasteiger partial charge on any atom is 0.202 e. The van der Waals surface area contributed by atoms with E-state index in [2.05, 4.69) is 28.5 Å². The van der Waals surface area contributed by atoms with Gasteiger partial charge in [-0.2, -0.15) is 4.37 Å². The third-order valence-electron chi connectivity index (χ3n) is 3.66. The van der Waals surface area contributed by atoms with Gasteiger partial charge >= 0.3 is 0 Å². The minimum atomic E-state index is 0.626. The van der Waals surface area contributed by atoms with Gasteiger partial charge in [-0.1, -0.05) is 26.7 Å². The topological polar surface area (TPSA) is 37.8 Å². The van der Waals surface area contributed by atoms with E-state index in [1.54, 1.807) is 0 Å². The number of nitrogens with zero attached hydrogens (tertiary/aromatic N) is 2. The minimum Gasteiger partial charge on any atom is -0.358 e. The zero-order valence-corrected chi connectivity index (χ0v) is 11.7. The lowest BCUT2D eigenvalue weighted by molar-refractivity contribution is 0.319. The molecule has 1 aliphatic carbocycles. The summed E-state index contributed by atoms with van der Waals surface area (Å²) < 4.78 is 4.31. The van der Waals surface area contributed by atoms with Gasteiger partial charge in [0.1, 0.15) is 5.82 Å². The van der Waals surface area contributed by atoms with Gasteiger partial charge in [-0.25, -0.2) is 4.98 Å². The molecule has 0 atom stereocenters. The fraction of sp³-hybridized carbons (Fsp3) is 0.846. The molecule has 0 aromatic carbocycles. The second-order valence-electron chi connectivity index (χ2n) is 5.02. The van der Waals surface area contributed by atoms with Crippen LogP contribution in [0.15, 0.2) is 0 Å². The predicted octanol–water partition coefficient (Wildman–Crippen LogP) is 3.87. The first-order chi connectivity index (χ1) is 8.31. The van der Waals surface area contributed by atoms with Gasteiger partial charge in [-0.3, -0.25) is 0 Å². The number of nitrogens with one attached hydrogen (secondary N) is 1. The highest BCUT2D eigenvalue weighted by atomic mass is 32.1. The Morgan fingerprint density at radius 1 is 1.24 bits per heavy atom. The maximum absolute atomic E-state index is 4.47. The highest BCUT2D eigenvalue weighted by Gasteiger charge is 2.21. The van der Waals surface area contributed by atoms with Gasteiger partial charge in [0, 0.05) is 24.0 Å². The Morgan fingerprint density at radius 3 is 2.59 bits per heavy atom. The molecule has 4 heteroatoms. The molecular formula is C13H23N3S. The Balaban J connectivity index is 1.77. The number of rotatable bonds is 5. The van der Waals surface area contributed by atoms with E-state index in [1.807, 2.05) is 0 Å². The van der Waals surface area contributed by atoms with Crippen molar-refractivity contribution in [2.75, 3.05) is 5.32 Å². The van der Waals surface area contributed by atoms with Crippen LogP contribution in [0.2, 0.25) is 0 Å². The first-order valence-electron chi connectivity index (χ1n) is 6.91. The molecule has 0 spiro atoms. The molecule has 1 aromatic rings. The number of anilines is 1. The van der Waals surface area contributed by atoms with Crippen LogP contribution >= 0.6 is 11.5 Å². The molecule has 1 aromatic heterocycles. The van der Waals surface area contributed by atoms with Crippen LogP contribution in [0.4, 0.5) is 5.13 Å². The Bertz CT molecular complexity index is 329. The fourth-order valence-corrected chi connectivity index (χ4v) is 3.36. The van der Waals surface area contributed by atoms with E-state index >= 15 is 0 Å². The molecule has 0 bridgehead atoms. The molecule has 1 saturated carbocycles. The Hall–Kier alpha value is -0.640. The number of hydrogen-bond donors (Lipinski definition) is 1. The molecular weight excluding hydrogens is 230 g/mol. The van der Waals surface area contributed by atoms with Crippen LogP contribution in [0.5, 0.6) is 0 Å². The van der Waals surface area contributed by atoms with Gasteiger partial charge in [0.05, 0.1) is 0 Å². The van der Waals surface area contributed by atoms with Crippen LogP contribution in [0.1, 0.15) is 58.2 Å². The van der Waals surface area contributed by atoms with Crippen molar-refractivity contribution < 1.29 is 0 Å². The van der Waals surface area contributed by atoms with Crippen molar-refractivity contribution in [1.82, 2.24) is 9.36 Å². The van der Waals surface area contributed by atoms with Crippen molar-refractivity contribution in [2.24, 2.45) is 5.92 Å². The van der Waals surface area contributed by atoms with E-state index in [0.717, 1.165) is 23.3 Å². The Morgan fingerprint density at radius 2 is 2.00 bits per heavy atom. The van der Waals surface area contributed by atoms with Crippen molar-refractivity contribution in [3.8, 4) is 0 Å². The quantitative estimate of drug-likeness (QED) is 0.865. The van der Waals surface area contributed by atoms with Crippen molar-refractivity contribution >= 4 is 16.7 Å². The maximum atomic E-state index is 4.47. The molecule has 1 fully saturated rings. The molecule has 96 valence electrons. The lowest BCUT2D eigenvalue weighted by Crippen LogP contribution is -2.26. The first kappa shape index (κ1) is 12.8. The minimum absolute atomic E-state index is 0.626. The summed E-state index contributed by atoms with van der Waals surface area (Å²) >= 11 is 1.51. The molecule has 0 unspecified atom stereocenters. The monoisotopic (exact) mass is 253 g/mol. The van der Waals surface area contributed by atoms with Crippen LogP contribution in [-0.4, -0.2) is 15.4 Å². The normalized spacial score (nSPS) is 24.8. The summed E-state index contributed by atoms with van der Waals surface area (Å²) in [6, 6.07) is 0.626. The summed E-state index contributed by atoms with van der Waals surface area (Å²) in [7, 11) is 0. The second kappa shape index (κ2) is 6.34. The van der Waals surface area contributed by atoms with Crippen LogP contribution in [0.3, 0.4) is 0 Å². The second-order valence-corrected chi connectivity index (χ2v) is 5.77. The fourth-order valence-electron chi connectivity index (χ4n) is 2.63. The van der Waals surface area contributed by atoms with Gasteiger partial charge < -0.3 is 5.32 Å².